The summed E-state index contributed by atoms with van der Waals surface area (Å²) in [7, 11) is -2.79. The molecule has 10 rings (SSSR count). The van der Waals surface area contributed by atoms with Gasteiger partial charge in [-0.3, -0.25) is 0 Å². The van der Waals surface area contributed by atoms with E-state index in [1.54, 1.807) is 0 Å². The molecule has 0 bridgehead atoms. The Labute approximate surface area is 311 Å². The first-order valence-electron chi connectivity index (χ1n) is 18.3. The summed E-state index contributed by atoms with van der Waals surface area (Å²) in [6, 6.07) is 80.5. The molecule has 0 amide bonds. The quantitative estimate of drug-likeness (QED) is 0.126. The maximum absolute atomic E-state index is 2.79. The van der Waals surface area contributed by atoms with Crippen LogP contribution in [-0.4, -0.2) is 8.07 Å². The van der Waals surface area contributed by atoms with Crippen LogP contribution in [0.2, 0.25) is 0 Å². The van der Waals surface area contributed by atoms with Gasteiger partial charge in [0, 0.05) is 34.1 Å². The highest BCUT2D eigenvalue weighted by Gasteiger charge is 2.49. The molecule has 0 saturated heterocycles. The highest BCUT2D eigenvalue weighted by molar-refractivity contribution is 7.21. The van der Waals surface area contributed by atoms with Gasteiger partial charge in [-0.25, -0.2) is 0 Å². The molecular weight excluding hydrogens is 657 g/mol. The van der Waals surface area contributed by atoms with Crippen LogP contribution < -0.4 is 30.5 Å². The lowest BCUT2D eigenvalue weighted by atomic mass is 10.0. The summed E-state index contributed by atoms with van der Waals surface area (Å²) in [4.78, 5) is 4.90. The Balaban J connectivity index is 1.27. The molecule has 9 aromatic carbocycles. The number of anilines is 6. The number of nitrogens with zero attached hydrogens (tertiary/aromatic N) is 2. The number of rotatable bonds is 6. The fourth-order valence-corrected chi connectivity index (χ4v) is 13.7. The molecule has 1 aliphatic heterocycles. The predicted molar refractivity (Wildman–Crippen MR) is 228 cm³/mol. The molecule has 1 heterocycles. The predicted octanol–water partition coefficient (Wildman–Crippen LogP) is 10.6. The van der Waals surface area contributed by atoms with Crippen molar-refractivity contribution in [2.24, 2.45) is 0 Å². The van der Waals surface area contributed by atoms with Crippen molar-refractivity contribution in [1.82, 2.24) is 0 Å². The first kappa shape index (κ1) is 31.1. The van der Waals surface area contributed by atoms with Crippen LogP contribution in [0.4, 0.5) is 34.1 Å². The van der Waals surface area contributed by atoms with Crippen molar-refractivity contribution in [3.05, 3.63) is 218 Å². The lowest BCUT2D eigenvalue weighted by Gasteiger charge is -2.45. The third kappa shape index (κ3) is 5.01. The summed E-state index contributed by atoms with van der Waals surface area (Å²) in [5, 5.41) is 10.5. The zero-order valence-electron chi connectivity index (χ0n) is 29.2. The molecule has 0 saturated carbocycles. The molecule has 0 spiro atoms. The Bertz CT molecular complexity index is 2690. The van der Waals surface area contributed by atoms with E-state index in [0.29, 0.717) is 0 Å². The van der Waals surface area contributed by atoms with Gasteiger partial charge in [-0.1, -0.05) is 164 Å². The van der Waals surface area contributed by atoms with Crippen molar-refractivity contribution in [2.45, 2.75) is 0 Å². The number of para-hydroxylation sites is 3. The van der Waals surface area contributed by atoms with Gasteiger partial charge in [0.05, 0.1) is 0 Å². The molecule has 9 aromatic rings. The highest BCUT2D eigenvalue weighted by Crippen LogP contribution is 2.43. The molecule has 250 valence electrons. The van der Waals surface area contributed by atoms with E-state index in [0.717, 1.165) is 22.7 Å². The van der Waals surface area contributed by atoms with Gasteiger partial charge in [0.2, 0.25) is 0 Å². The van der Waals surface area contributed by atoms with Crippen molar-refractivity contribution in [3.63, 3.8) is 0 Å². The molecule has 0 radical (unpaired) electrons. The van der Waals surface area contributed by atoms with Gasteiger partial charge in [0.15, 0.2) is 8.07 Å². The Hall–Kier alpha value is -6.68. The van der Waals surface area contributed by atoms with Crippen LogP contribution in [0.25, 0.3) is 21.5 Å². The van der Waals surface area contributed by atoms with E-state index in [1.165, 1.54) is 53.7 Å². The Morgan fingerprint density at radius 3 is 1.60 bits per heavy atom. The second-order valence-corrected chi connectivity index (χ2v) is 17.5. The highest BCUT2D eigenvalue weighted by atomic mass is 28.3. The molecule has 0 aliphatic carbocycles. The van der Waals surface area contributed by atoms with Crippen LogP contribution in [0.5, 0.6) is 0 Å². The van der Waals surface area contributed by atoms with E-state index < -0.39 is 8.07 Å². The van der Waals surface area contributed by atoms with Crippen molar-refractivity contribution in [1.29, 1.82) is 0 Å². The van der Waals surface area contributed by atoms with E-state index in [2.05, 4.69) is 228 Å². The zero-order chi connectivity index (χ0) is 35.2. The van der Waals surface area contributed by atoms with E-state index in [-0.39, 0.29) is 0 Å². The van der Waals surface area contributed by atoms with Gasteiger partial charge in [-0.15, -0.1) is 0 Å². The van der Waals surface area contributed by atoms with E-state index in [1.807, 2.05) is 0 Å². The summed E-state index contributed by atoms with van der Waals surface area (Å²) >= 11 is 0. The molecule has 53 heavy (non-hydrogen) atoms. The Kier molecular flexibility index (Phi) is 7.52. The first-order valence-corrected chi connectivity index (χ1v) is 20.3. The average molecular weight is 693 g/mol. The molecule has 2 nitrogen and oxygen atoms in total. The van der Waals surface area contributed by atoms with Crippen LogP contribution in [0.15, 0.2) is 218 Å². The fraction of sp³-hybridized carbons (Fsp3) is 0. The fourth-order valence-electron chi connectivity index (χ4n) is 8.61. The summed E-state index contributed by atoms with van der Waals surface area (Å²) in [5.41, 5.74) is 6.93. The number of fused-ring (bicyclic) bond motifs is 5. The van der Waals surface area contributed by atoms with Crippen molar-refractivity contribution in [3.8, 4) is 0 Å². The van der Waals surface area contributed by atoms with E-state index >= 15 is 0 Å². The maximum atomic E-state index is 2.49. The van der Waals surface area contributed by atoms with Crippen molar-refractivity contribution >= 4 is 84.5 Å². The van der Waals surface area contributed by atoms with Crippen LogP contribution in [0.1, 0.15) is 0 Å². The monoisotopic (exact) mass is 692 g/mol. The van der Waals surface area contributed by atoms with Crippen molar-refractivity contribution < 1.29 is 0 Å². The molecule has 0 atom stereocenters. The van der Waals surface area contributed by atoms with Gasteiger partial charge in [-0.05, 0) is 96.9 Å². The summed E-state index contributed by atoms with van der Waals surface area (Å²) in [5.74, 6) is 0. The molecular formula is C50H36N2Si. The molecule has 1 aliphatic rings. The van der Waals surface area contributed by atoms with Crippen LogP contribution in [0.3, 0.4) is 0 Å². The minimum absolute atomic E-state index is 1.11. The standard InChI is InChI=1S/C50H36N2Si/c1-5-18-39(19-6-1)51(41-31-33-46-38(35-41)30-29-37-17-13-14-26-45(37)46)42-32-34-50-48(36-42)52(40-20-7-2-8-21-40)47-27-15-16-28-49(47)53(50,43-22-9-3-10-23-43)44-24-11-4-12-25-44/h1-36H. The molecule has 0 N–H and O–H groups in total. The molecule has 0 fully saturated rings. The van der Waals surface area contributed by atoms with Crippen LogP contribution >= 0.6 is 0 Å². The Morgan fingerprint density at radius 2 is 0.868 bits per heavy atom. The van der Waals surface area contributed by atoms with Crippen LogP contribution in [-0.2, 0) is 0 Å². The van der Waals surface area contributed by atoms with E-state index in [4.69, 9.17) is 0 Å². The molecule has 3 heteroatoms. The van der Waals surface area contributed by atoms with Gasteiger partial charge in [0.1, 0.15) is 0 Å². The molecule has 0 unspecified atom stereocenters. The lowest BCUT2D eigenvalue weighted by molar-refractivity contribution is 1.26. The topological polar surface area (TPSA) is 6.48 Å². The normalized spacial score (nSPS) is 13.0. The largest absolute Gasteiger partial charge is 0.311 e. The number of hydrogen-bond acceptors (Lipinski definition) is 2. The smallest absolute Gasteiger partial charge is 0.184 e. The van der Waals surface area contributed by atoms with Gasteiger partial charge < -0.3 is 9.80 Å². The number of hydrogen-bond donors (Lipinski definition) is 0. The second kappa shape index (κ2) is 12.8. The second-order valence-electron chi connectivity index (χ2n) is 13.7. The Morgan fingerprint density at radius 1 is 0.340 bits per heavy atom. The number of benzene rings is 9. The SMILES string of the molecule is c1ccc(N(c2ccc3c(c2)N(c2ccccc2)c2ccccc2[Si]3(c2ccccc2)c2ccccc2)c2ccc3c(ccc4ccccc43)c2)cc1. The van der Waals surface area contributed by atoms with Crippen molar-refractivity contribution in [2.75, 3.05) is 9.80 Å². The van der Waals surface area contributed by atoms with Gasteiger partial charge in [-0.2, -0.15) is 0 Å². The molecule has 0 aromatic heterocycles. The van der Waals surface area contributed by atoms with Crippen LogP contribution in [0, 0.1) is 0 Å². The summed E-state index contributed by atoms with van der Waals surface area (Å²) in [6.45, 7) is 0. The van der Waals surface area contributed by atoms with E-state index in [9.17, 15) is 0 Å². The average Bonchev–Trinajstić information content (AvgIpc) is 3.24. The first-order chi connectivity index (χ1) is 26.3. The third-order valence-electron chi connectivity index (χ3n) is 10.9. The maximum Gasteiger partial charge on any atom is 0.184 e. The zero-order valence-corrected chi connectivity index (χ0v) is 30.2. The third-order valence-corrected chi connectivity index (χ3v) is 15.7. The minimum Gasteiger partial charge on any atom is -0.311 e. The van der Waals surface area contributed by atoms with Gasteiger partial charge >= 0.3 is 0 Å². The van der Waals surface area contributed by atoms with Gasteiger partial charge in [0.25, 0.3) is 0 Å². The lowest BCUT2D eigenvalue weighted by Crippen LogP contribution is -2.77. The minimum atomic E-state index is -2.79. The summed E-state index contributed by atoms with van der Waals surface area (Å²) < 4.78 is 0. The summed E-state index contributed by atoms with van der Waals surface area (Å²) in [6.07, 6.45) is 0.